The van der Waals surface area contributed by atoms with Gasteiger partial charge >= 0.3 is 0 Å². The molecule has 1 amide bonds. The molecule has 0 unspecified atom stereocenters. The van der Waals surface area contributed by atoms with Gasteiger partial charge in [-0.3, -0.25) is 9.59 Å². The van der Waals surface area contributed by atoms with E-state index in [1.807, 2.05) is 31.2 Å². The van der Waals surface area contributed by atoms with E-state index in [9.17, 15) is 9.59 Å². The molecule has 1 aromatic carbocycles. The van der Waals surface area contributed by atoms with Crippen molar-refractivity contribution in [3.63, 3.8) is 0 Å². The zero-order valence-corrected chi connectivity index (χ0v) is 13.6. The molecule has 0 aliphatic carbocycles. The average Bonchev–Trinajstić information content (AvgIpc) is 2.45. The quantitative estimate of drug-likeness (QED) is 0.852. The Hall–Kier alpha value is -1.88. The Morgan fingerprint density at radius 2 is 1.95 bits per heavy atom. The largest absolute Gasteiger partial charge is 0.340 e. The maximum atomic E-state index is 12.2. The van der Waals surface area contributed by atoms with Gasteiger partial charge in [0.15, 0.2) is 0 Å². The van der Waals surface area contributed by atoms with Crippen LogP contribution in [0.5, 0.6) is 0 Å². The van der Waals surface area contributed by atoms with Crippen molar-refractivity contribution in [2.24, 2.45) is 0 Å². The van der Waals surface area contributed by atoms with E-state index in [-0.39, 0.29) is 18.0 Å². The van der Waals surface area contributed by atoms with Gasteiger partial charge in [-0.1, -0.05) is 24.3 Å². The van der Waals surface area contributed by atoms with Crippen LogP contribution in [0.15, 0.2) is 51.9 Å². The zero-order valence-electron chi connectivity index (χ0n) is 12.0. The zero-order chi connectivity index (χ0) is 15.4. The minimum Gasteiger partial charge on any atom is -0.340 e. The number of pyridine rings is 1. The maximum Gasteiger partial charge on any atom is 0.251 e. The number of likely N-dealkylation sites (N-methyl/N-ethyl adjacent to an activating group) is 1. The van der Waals surface area contributed by atoms with Crippen molar-refractivity contribution in [3.8, 4) is 0 Å². The molecule has 0 N–H and O–H groups in total. The average molecular weight is 349 g/mol. The van der Waals surface area contributed by atoms with Crippen molar-refractivity contribution in [3.05, 3.63) is 68.5 Å². The van der Waals surface area contributed by atoms with Crippen LogP contribution in [0.4, 0.5) is 0 Å². The lowest BCUT2D eigenvalue weighted by atomic mass is 10.1. The second-order valence-electron chi connectivity index (χ2n) is 4.99. The molecule has 0 radical (unpaired) electrons. The summed E-state index contributed by atoms with van der Waals surface area (Å²) in [6.07, 6.45) is 1.63. The van der Waals surface area contributed by atoms with Crippen molar-refractivity contribution in [1.82, 2.24) is 9.47 Å². The molecule has 0 aliphatic rings. The highest BCUT2D eigenvalue weighted by Gasteiger charge is 2.12. The third-order valence-electron chi connectivity index (χ3n) is 3.35. The molecule has 0 saturated carbocycles. The molecule has 0 bridgehead atoms. The molecule has 2 rings (SSSR count). The lowest BCUT2D eigenvalue weighted by Gasteiger charge is -2.19. The molecule has 0 spiro atoms. The SMILES string of the molecule is Cc1ccccc1CN(C)C(=O)Cn1cc(Br)ccc1=O. The number of hydrogen-bond donors (Lipinski definition) is 0. The molecule has 0 saturated heterocycles. The molecule has 0 aliphatic heterocycles. The van der Waals surface area contributed by atoms with Gasteiger partial charge in [0.25, 0.3) is 5.56 Å². The number of halogens is 1. The van der Waals surface area contributed by atoms with Crippen molar-refractivity contribution in [2.45, 2.75) is 20.0 Å². The first-order chi connectivity index (χ1) is 9.97. The van der Waals surface area contributed by atoms with Gasteiger partial charge in [-0.2, -0.15) is 0 Å². The Balaban J connectivity index is 2.08. The lowest BCUT2D eigenvalue weighted by Crippen LogP contribution is -2.33. The van der Waals surface area contributed by atoms with Crippen LogP contribution in [0.2, 0.25) is 0 Å². The van der Waals surface area contributed by atoms with Crippen molar-refractivity contribution in [2.75, 3.05) is 7.05 Å². The number of nitrogens with zero attached hydrogens (tertiary/aromatic N) is 2. The number of hydrogen-bond acceptors (Lipinski definition) is 2. The van der Waals surface area contributed by atoms with Crippen LogP contribution < -0.4 is 5.56 Å². The Morgan fingerprint density at radius 3 is 2.67 bits per heavy atom. The Kier molecular flexibility index (Phi) is 4.96. The molecule has 1 aromatic heterocycles. The molecule has 1 heterocycles. The summed E-state index contributed by atoms with van der Waals surface area (Å²) in [6.45, 7) is 2.60. The summed E-state index contributed by atoms with van der Waals surface area (Å²) in [5, 5.41) is 0. The number of amides is 1. The van der Waals surface area contributed by atoms with E-state index in [0.29, 0.717) is 6.54 Å². The minimum absolute atomic E-state index is 0.0423. The molecule has 110 valence electrons. The summed E-state index contributed by atoms with van der Waals surface area (Å²) < 4.78 is 2.18. The molecule has 0 atom stereocenters. The molecule has 0 fully saturated rings. The highest BCUT2D eigenvalue weighted by molar-refractivity contribution is 9.10. The fourth-order valence-electron chi connectivity index (χ4n) is 2.02. The number of aromatic nitrogens is 1. The van der Waals surface area contributed by atoms with Gasteiger partial charge in [0.05, 0.1) is 0 Å². The van der Waals surface area contributed by atoms with Crippen LogP contribution in [-0.4, -0.2) is 22.4 Å². The Morgan fingerprint density at radius 1 is 1.24 bits per heavy atom. The highest BCUT2D eigenvalue weighted by atomic mass is 79.9. The smallest absolute Gasteiger partial charge is 0.251 e. The monoisotopic (exact) mass is 348 g/mol. The first kappa shape index (κ1) is 15.5. The van der Waals surface area contributed by atoms with Crippen LogP contribution >= 0.6 is 15.9 Å². The molecule has 2 aromatic rings. The predicted molar refractivity (Wildman–Crippen MR) is 86.1 cm³/mol. The Bertz CT molecular complexity index is 709. The number of aryl methyl sites for hydroxylation is 1. The molecule has 5 heteroatoms. The van der Waals surface area contributed by atoms with E-state index < -0.39 is 0 Å². The molecular weight excluding hydrogens is 332 g/mol. The third kappa shape index (κ3) is 4.04. The van der Waals surface area contributed by atoms with Crippen molar-refractivity contribution in [1.29, 1.82) is 0 Å². The number of carbonyl (C=O) groups is 1. The van der Waals surface area contributed by atoms with Crippen LogP contribution in [0, 0.1) is 6.92 Å². The topological polar surface area (TPSA) is 42.3 Å². The minimum atomic E-state index is -0.184. The van der Waals surface area contributed by atoms with Crippen LogP contribution in [-0.2, 0) is 17.9 Å². The summed E-state index contributed by atoms with van der Waals surface area (Å²) in [6, 6.07) is 11.1. The summed E-state index contributed by atoms with van der Waals surface area (Å²) in [5.41, 5.74) is 2.07. The number of benzene rings is 1. The van der Waals surface area contributed by atoms with Gasteiger partial charge in [-0.05, 0) is 40.0 Å². The first-order valence-electron chi connectivity index (χ1n) is 6.62. The fraction of sp³-hybridized carbons (Fsp3) is 0.250. The standard InChI is InChI=1S/C16H17BrN2O2/c1-12-5-3-4-6-13(12)9-18(2)16(21)11-19-10-14(17)7-8-15(19)20/h3-8,10H,9,11H2,1-2H3. The number of carbonyl (C=O) groups excluding carboxylic acids is 1. The van der Waals surface area contributed by atoms with E-state index in [4.69, 9.17) is 0 Å². The van der Waals surface area contributed by atoms with E-state index >= 15 is 0 Å². The summed E-state index contributed by atoms with van der Waals surface area (Å²) in [7, 11) is 1.75. The second kappa shape index (κ2) is 6.72. The van der Waals surface area contributed by atoms with E-state index in [1.165, 1.54) is 10.6 Å². The molecule has 21 heavy (non-hydrogen) atoms. The lowest BCUT2D eigenvalue weighted by molar-refractivity contribution is -0.131. The fourth-order valence-corrected chi connectivity index (χ4v) is 2.40. The normalized spacial score (nSPS) is 10.4. The van der Waals surface area contributed by atoms with E-state index in [0.717, 1.165) is 15.6 Å². The second-order valence-corrected chi connectivity index (χ2v) is 5.91. The maximum absolute atomic E-state index is 12.2. The van der Waals surface area contributed by atoms with Gasteiger partial charge < -0.3 is 9.47 Å². The summed E-state index contributed by atoms with van der Waals surface area (Å²) >= 11 is 3.30. The van der Waals surface area contributed by atoms with Crippen LogP contribution in [0.3, 0.4) is 0 Å². The third-order valence-corrected chi connectivity index (χ3v) is 3.82. The van der Waals surface area contributed by atoms with Crippen LogP contribution in [0.1, 0.15) is 11.1 Å². The predicted octanol–water partition coefficient (Wildman–Crippen LogP) is 2.58. The van der Waals surface area contributed by atoms with E-state index in [1.54, 1.807) is 24.2 Å². The first-order valence-corrected chi connectivity index (χ1v) is 7.41. The Labute approximate surface area is 132 Å². The van der Waals surface area contributed by atoms with Gasteiger partial charge in [-0.15, -0.1) is 0 Å². The van der Waals surface area contributed by atoms with Crippen molar-refractivity contribution < 1.29 is 4.79 Å². The molecular formula is C16H17BrN2O2. The molecule has 4 nitrogen and oxygen atoms in total. The van der Waals surface area contributed by atoms with Crippen molar-refractivity contribution >= 4 is 21.8 Å². The summed E-state index contributed by atoms with van der Waals surface area (Å²) in [5.74, 6) is -0.0987. The van der Waals surface area contributed by atoms with E-state index in [2.05, 4.69) is 15.9 Å². The van der Waals surface area contributed by atoms with Gasteiger partial charge in [0.1, 0.15) is 6.54 Å². The highest BCUT2D eigenvalue weighted by Crippen LogP contribution is 2.10. The number of rotatable bonds is 4. The van der Waals surface area contributed by atoms with Gasteiger partial charge in [0, 0.05) is 30.3 Å². The van der Waals surface area contributed by atoms with Gasteiger partial charge in [-0.25, -0.2) is 0 Å². The van der Waals surface area contributed by atoms with Crippen LogP contribution in [0.25, 0.3) is 0 Å². The van der Waals surface area contributed by atoms with Gasteiger partial charge in [0.2, 0.25) is 5.91 Å². The summed E-state index contributed by atoms with van der Waals surface area (Å²) in [4.78, 5) is 25.6.